The zero-order valence-electron chi connectivity index (χ0n) is 8.28. The van der Waals surface area contributed by atoms with Gasteiger partial charge in [-0.25, -0.2) is 0 Å². The van der Waals surface area contributed by atoms with Crippen LogP contribution in [0, 0.1) is 3.95 Å². The van der Waals surface area contributed by atoms with Crippen LogP contribution in [0.25, 0.3) is 0 Å². The van der Waals surface area contributed by atoms with Gasteiger partial charge in [-0.15, -0.1) is 5.10 Å². The Kier molecular flexibility index (Phi) is 3.57. The molecule has 0 radical (unpaired) electrons. The maximum Gasteiger partial charge on any atom is 0.208 e. The van der Waals surface area contributed by atoms with E-state index in [1.807, 2.05) is 18.2 Å². The van der Waals surface area contributed by atoms with E-state index >= 15 is 0 Å². The van der Waals surface area contributed by atoms with E-state index in [2.05, 4.69) is 31.4 Å². The Morgan fingerprint density at radius 2 is 2.38 bits per heavy atom. The molecule has 1 aromatic heterocycles. The summed E-state index contributed by atoms with van der Waals surface area (Å²) in [5, 5.41) is 10.6. The van der Waals surface area contributed by atoms with Crippen molar-refractivity contribution in [2.24, 2.45) is 0 Å². The van der Waals surface area contributed by atoms with Gasteiger partial charge in [0.1, 0.15) is 5.75 Å². The molecule has 0 aliphatic rings. The highest BCUT2D eigenvalue weighted by atomic mass is 79.9. The fraction of sp³-hybridized carbons (Fsp3) is 0.111. The summed E-state index contributed by atoms with van der Waals surface area (Å²) < 4.78 is 6.84. The Morgan fingerprint density at radius 1 is 1.56 bits per heavy atom. The van der Waals surface area contributed by atoms with E-state index in [-0.39, 0.29) is 0 Å². The number of ether oxygens (including phenoxy) is 1. The fourth-order valence-corrected chi connectivity index (χ4v) is 2.34. The average molecular weight is 318 g/mol. The van der Waals surface area contributed by atoms with Crippen molar-refractivity contribution in [3.05, 3.63) is 26.6 Å². The number of hydrogen-bond acceptors (Lipinski definition) is 5. The third kappa shape index (κ3) is 2.60. The van der Waals surface area contributed by atoms with Crippen LogP contribution in [0.1, 0.15) is 0 Å². The summed E-state index contributed by atoms with van der Waals surface area (Å²) in [6.07, 6.45) is 0. The zero-order valence-corrected chi connectivity index (χ0v) is 11.5. The van der Waals surface area contributed by atoms with Gasteiger partial charge in [0.15, 0.2) is 3.95 Å². The Morgan fingerprint density at radius 3 is 3.00 bits per heavy atom. The van der Waals surface area contributed by atoms with Crippen molar-refractivity contribution >= 4 is 50.3 Å². The van der Waals surface area contributed by atoms with Crippen LogP contribution in [-0.2, 0) is 0 Å². The number of methoxy groups -OCH3 is 1. The zero-order chi connectivity index (χ0) is 11.5. The topological polar surface area (TPSA) is 49.9 Å². The van der Waals surface area contributed by atoms with Crippen LogP contribution in [0.4, 0.5) is 10.8 Å². The normalized spacial score (nSPS) is 10.1. The highest BCUT2D eigenvalue weighted by Gasteiger charge is 2.05. The number of aromatic amines is 1. The minimum atomic E-state index is 0.636. The number of halogens is 1. The highest BCUT2D eigenvalue weighted by Crippen LogP contribution is 2.31. The van der Waals surface area contributed by atoms with Crippen LogP contribution in [0.3, 0.4) is 0 Å². The number of aromatic nitrogens is 2. The molecule has 0 spiro atoms. The number of hydrogen-bond donors (Lipinski definition) is 2. The molecule has 0 saturated heterocycles. The molecule has 0 atom stereocenters. The molecule has 0 fully saturated rings. The quantitative estimate of drug-likeness (QED) is 0.847. The van der Waals surface area contributed by atoms with Crippen molar-refractivity contribution in [3.63, 3.8) is 0 Å². The van der Waals surface area contributed by atoms with Gasteiger partial charge in [-0.05, 0) is 30.4 Å². The van der Waals surface area contributed by atoms with Gasteiger partial charge in [-0.2, -0.15) is 0 Å². The summed E-state index contributed by atoms with van der Waals surface area (Å²) >= 11 is 9.73. The van der Waals surface area contributed by atoms with Crippen LogP contribution >= 0.6 is 39.5 Å². The minimum Gasteiger partial charge on any atom is -0.495 e. The summed E-state index contributed by atoms with van der Waals surface area (Å²) in [5.74, 6) is 0.754. The lowest BCUT2D eigenvalue weighted by atomic mass is 10.3. The van der Waals surface area contributed by atoms with E-state index in [4.69, 9.17) is 17.0 Å². The van der Waals surface area contributed by atoms with Crippen molar-refractivity contribution in [2.75, 3.05) is 12.4 Å². The lowest BCUT2D eigenvalue weighted by Crippen LogP contribution is -1.94. The van der Waals surface area contributed by atoms with Crippen molar-refractivity contribution in [1.29, 1.82) is 0 Å². The van der Waals surface area contributed by atoms with E-state index in [1.165, 1.54) is 11.3 Å². The molecule has 4 nitrogen and oxygen atoms in total. The van der Waals surface area contributed by atoms with Gasteiger partial charge >= 0.3 is 0 Å². The second kappa shape index (κ2) is 4.94. The average Bonchev–Trinajstić information content (AvgIpc) is 2.64. The summed E-state index contributed by atoms with van der Waals surface area (Å²) in [5.41, 5.74) is 0.842. The molecule has 16 heavy (non-hydrogen) atoms. The van der Waals surface area contributed by atoms with E-state index in [0.29, 0.717) is 9.09 Å². The second-order valence-corrected chi connectivity index (χ2v) is 5.47. The second-order valence-electron chi connectivity index (χ2n) is 2.89. The van der Waals surface area contributed by atoms with Crippen molar-refractivity contribution in [3.8, 4) is 5.75 Å². The van der Waals surface area contributed by atoms with Crippen LogP contribution in [0.5, 0.6) is 5.75 Å². The maximum absolute atomic E-state index is 5.24. The number of nitrogens with one attached hydrogen (secondary N) is 2. The molecule has 1 heterocycles. The van der Waals surface area contributed by atoms with Gasteiger partial charge in [-0.1, -0.05) is 27.3 Å². The smallest absolute Gasteiger partial charge is 0.208 e. The Balaban J connectivity index is 2.32. The molecule has 2 rings (SSSR count). The van der Waals surface area contributed by atoms with E-state index in [0.717, 1.165) is 15.9 Å². The number of nitrogens with zero attached hydrogens (tertiary/aromatic N) is 1. The molecule has 0 aliphatic carbocycles. The molecule has 0 aliphatic heterocycles. The summed E-state index contributed by atoms with van der Waals surface area (Å²) in [6, 6.07) is 5.71. The maximum atomic E-state index is 5.24. The van der Waals surface area contributed by atoms with Crippen molar-refractivity contribution < 1.29 is 4.74 Å². The number of anilines is 2. The molecule has 2 N–H and O–H groups in total. The lowest BCUT2D eigenvalue weighted by Gasteiger charge is -2.08. The first-order valence-electron chi connectivity index (χ1n) is 4.35. The van der Waals surface area contributed by atoms with E-state index < -0.39 is 0 Å². The molecule has 1 aromatic carbocycles. The lowest BCUT2D eigenvalue weighted by molar-refractivity contribution is 0.416. The van der Waals surface area contributed by atoms with Gasteiger partial charge in [0.25, 0.3) is 0 Å². The first-order valence-corrected chi connectivity index (χ1v) is 6.37. The standard InChI is InChI=1S/C9H8BrN3OS2/c1-14-7-3-2-5(10)4-6(7)11-8-12-13-9(15)16-8/h2-4H,1H3,(H,11,12)(H,13,15). The predicted molar refractivity (Wildman–Crippen MR) is 71.3 cm³/mol. The SMILES string of the molecule is COc1ccc(Br)cc1Nc1n[nH]c(=S)s1. The Hall–Kier alpha value is -0.920. The molecule has 84 valence electrons. The number of H-pyrrole nitrogens is 1. The first kappa shape index (κ1) is 11.6. The van der Waals surface area contributed by atoms with Gasteiger partial charge in [0.05, 0.1) is 12.8 Å². The number of rotatable bonds is 3. The van der Waals surface area contributed by atoms with Crippen LogP contribution in [-0.4, -0.2) is 17.3 Å². The van der Waals surface area contributed by atoms with Crippen LogP contribution in [0.15, 0.2) is 22.7 Å². The largest absolute Gasteiger partial charge is 0.495 e. The molecule has 0 saturated carbocycles. The van der Waals surface area contributed by atoms with Crippen molar-refractivity contribution in [2.45, 2.75) is 0 Å². The molecule has 0 bridgehead atoms. The van der Waals surface area contributed by atoms with Gasteiger partial charge in [0.2, 0.25) is 5.13 Å². The molecular weight excluding hydrogens is 310 g/mol. The summed E-state index contributed by atoms with van der Waals surface area (Å²) in [6.45, 7) is 0. The van der Waals surface area contributed by atoms with Crippen LogP contribution in [0.2, 0.25) is 0 Å². The molecule has 7 heteroatoms. The third-order valence-electron chi connectivity index (χ3n) is 1.84. The summed E-state index contributed by atoms with van der Waals surface area (Å²) in [4.78, 5) is 0. The molecule has 2 aromatic rings. The monoisotopic (exact) mass is 317 g/mol. The minimum absolute atomic E-state index is 0.636. The van der Waals surface area contributed by atoms with E-state index in [9.17, 15) is 0 Å². The van der Waals surface area contributed by atoms with Gasteiger partial charge in [0, 0.05) is 4.47 Å². The first-order chi connectivity index (χ1) is 7.69. The predicted octanol–water partition coefficient (Wildman–Crippen LogP) is 3.72. The Labute approximate surface area is 110 Å². The van der Waals surface area contributed by atoms with Gasteiger partial charge < -0.3 is 10.1 Å². The third-order valence-corrected chi connectivity index (χ3v) is 3.34. The van der Waals surface area contributed by atoms with Crippen LogP contribution < -0.4 is 10.1 Å². The highest BCUT2D eigenvalue weighted by molar-refractivity contribution is 9.10. The van der Waals surface area contributed by atoms with Crippen molar-refractivity contribution in [1.82, 2.24) is 10.2 Å². The summed E-state index contributed by atoms with van der Waals surface area (Å²) in [7, 11) is 1.63. The molecular formula is C9H8BrN3OS2. The molecule has 0 unspecified atom stereocenters. The fourth-order valence-electron chi connectivity index (χ4n) is 1.18. The van der Waals surface area contributed by atoms with Gasteiger partial charge in [-0.3, -0.25) is 5.10 Å². The molecule has 0 amide bonds. The Bertz CT molecular complexity index is 552. The van der Waals surface area contributed by atoms with E-state index in [1.54, 1.807) is 7.11 Å². The number of benzene rings is 1.